The van der Waals surface area contributed by atoms with Gasteiger partial charge in [-0.15, -0.1) is 0 Å². The lowest BCUT2D eigenvalue weighted by atomic mass is 9.59. The molecular weight excluding hydrogens is 857 g/mol. The average Bonchev–Trinajstić information content (AvgIpc) is 3.45. The predicted molar refractivity (Wildman–Crippen MR) is 299 cm³/mol. The number of fused-ring (bicyclic) bond motifs is 3. The van der Waals surface area contributed by atoms with E-state index in [4.69, 9.17) is 0 Å². The minimum absolute atomic E-state index is 0.593. The van der Waals surface area contributed by atoms with Gasteiger partial charge in [-0.3, -0.25) is 0 Å². The van der Waals surface area contributed by atoms with Gasteiger partial charge >= 0.3 is 0 Å². The molecule has 0 bridgehead atoms. The lowest BCUT2D eigenvalue weighted by Crippen LogP contribution is -2.34. The molecule has 334 valence electrons. The molecule has 2 heteroatoms. The van der Waals surface area contributed by atoms with Crippen molar-refractivity contribution in [1.29, 1.82) is 0 Å². The normalized spacial score (nSPS) is 12.3. The van der Waals surface area contributed by atoms with Crippen LogP contribution in [0.4, 0.5) is 34.1 Å². The van der Waals surface area contributed by atoms with Crippen LogP contribution in [0.15, 0.2) is 291 Å². The molecule has 0 amide bonds. The van der Waals surface area contributed by atoms with E-state index >= 15 is 0 Å². The topological polar surface area (TPSA) is 6.48 Å². The van der Waals surface area contributed by atoms with E-state index in [1.54, 1.807) is 0 Å². The van der Waals surface area contributed by atoms with Gasteiger partial charge in [0, 0.05) is 33.8 Å². The zero-order chi connectivity index (χ0) is 47.1. The highest BCUT2D eigenvalue weighted by Crippen LogP contribution is 2.56. The van der Waals surface area contributed by atoms with Crippen LogP contribution in [-0.2, 0) is 5.41 Å². The van der Waals surface area contributed by atoms with E-state index in [0.717, 1.165) is 45.3 Å². The predicted octanol–water partition coefficient (Wildman–Crippen LogP) is 18.6. The first kappa shape index (κ1) is 41.9. The summed E-state index contributed by atoms with van der Waals surface area (Å²) in [5.74, 6) is 0. The molecular formula is C69H48N2. The second-order valence-electron chi connectivity index (χ2n) is 18.4. The quantitative estimate of drug-likeness (QED) is 0.135. The Morgan fingerprint density at radius 2 is 0.690 bits per heavy atom. The van der Waals surface area contributed by atoms with Gasteiger partial charge in [0.1, 0.15) is 0 Å². The number of hydrogen-bond donors (Lipinski definition) is 0. The van der Waals surface area contributed by atoms with Gasteiger partial charge in [0.15, 0.2) is 0 Å². The van der Waals surface area contributed by atoms with Gasteiger partial charge < -0.3 is 9.80 Å². The van der Waals surface area contributed by atoms with Crippen molar-refractivity contribution in [2.75, 3.05) is 9.80 Å². The fourth-order valence-electron chi connectivity index (χ4n) is 11.3. The van der Waals surface area contributed by atoms with Crippen molar-refractivity contribution in [3.63, 3.8) is 0 Å². The summed E-state index contributed by atoms with van der Waals surface area (Å²) in [5, 5.41) is 4.99. The van der Waals surface area contributed by atoms with Crippen LogP contribution in [-0.4, -0.2) is 0 Å². The van der Waals surface area contributed by atoms with Crippen LogP contribution in [0, 0.1) is 0 Å². The Hall–Kier alpha value is -9.24. The molecule has 0 spiro atoms. The van der Waals surface area contributed by atoms with Crippen molar-refractivity contribution in [3.8, 4) is 33.4 Å². The van der Waals surface area contributed by atoms with Gasteiger partial charge in [-0.25, -0.2) is 0 Å². The van der Waals surface area contributed by atoms with Gasteiger partial charge in [-0.2, -0.15) is 0 Å². The molecule has 0 fully saturated rings. The van der Waals surface area contributed by atoms with Crippen LogP contribution >= 0.6 is 0 Å². The van der Waals surface area contributed by atoms with Crippen LogP contribution in [0.2, 0.25) is 0 Å². The van der Waals surface area contributed by atoms with Crippen LogP contribution in [0.5, 0.6) is 0 Å². The first-order chi connectivity index (χ1) is 35.2. The van der Waals surface area contributed by atoms with Crippen LogP contribution < -0.4 is 9.80 Å². The zero-order valence-electron chi connectivity index (χ0n) is 39.1. The number of para-hydroxylation sites is 1. The van der Waals surface area contributed by atoms with E-state index in [2.05, 4.69) is 301 Å². The summed E-state index contributed by atoms with van der Waals surface area (Å²) in [6.45, 7) is 0. The third-order valence-corrected chi connectivity index (χ3v) is 14.5. The van der Waals surface area contributed by atoms with E-state index < -0.39 is 5.41 Å². The van der Waals surface area contributed by atoms with Crippen molar-refractivity contribution < 1.29 is 0 Å². The number of rotatable bonds is 10. The molecule has 0 unspecified atom stereocenters. The molecule has 2 nitrogen and oxygen atoms in total. The summed E-state index contributed by atoms with van der Waals surface area (Å²) in [6, 6.07) is 107. The minimum atomic E-state index is -0.593. The molecule has 13 rings (SSSR count). The SMILES string of the molecule is c1ccc(-c2ccc(N(c3ccc(-c4ccc(N(c5ccccc5)c5cccc6ccccc56)cc4)cc3)c3ccc4c(c3)C(c3ccccc3)(c3ccccc3)c3cccc5cccc-4c35)cc2)cc1. The molecule has 0 heterocycles. The van der Waals surface area contributed by atoms with Crippen LogP contribution in [0.1, 0.15) is 22.3 Å². The Morgan fingerprint density at radius 3 is 1.30 bits per heavy atom. The Kier molecular flexibility index (Phi) is 10.4. The molecule has 71 heavy (non-hydrogen) atoms. The highest BCUT2D eigenvalue weighted by Gasteiger charge is 2.44. The molecule has 0 aromatic heterocycles. The lowest BCUT2D eigenvalue weighted by Gasteiger charge is -2.42. The molecule has 1 aliphatic carbocycles. The van der Waals surface area contributed by atoms with E-state index in [1.807, 2.05) is 0 Å². The van der Waals surface area contributed by atoms with E-state index in [1.165, 1.54) is 66.1 Å². The van der Waals surface area contributed by atoms with Gasteiger partial charge in [0.05, 0.1) is 11.1 Å². The molecule has 0 saturated carbocycles. The van der Waals surface area contributed by atoms with Gasteiger partial charge in [0.25, 0.3) is 0 Å². The molecule has 0 radical (unpaired) electrons. The van der Waals surface area contributed by atoms with E-state index in [-0.39, 0.29) is 0 Å². The van der Waals surface area contributed by atoms with E-state index in [0.29, 0.717) is 0 Å². The van der Waals surface area contributed by atoms with Gasteiger partial charge in [0.2, 0.25) is 0 Å². The smallest absolute Gasteiger partial charge is 0.0714 e. The minimum Gasteiger partial charge on any atom is -0.310 e. The number of hydrogen-bond acceptors (Lipinski definition) is 2. The third kappa shape index (κ3) is 7.19. The summed E-state index contributed by atoms with van der Waals surface area (Å²) >= 11 is 0. The van der Waals surface area contributed by atoms with Crippen molar-refractivity contribution in [2.24, 2.45) is 0 Å². The van der Waals surface area contributed by atoms with Crippen LogP contribution in [0.25, 0.3) is 54.9 Å². The largest absolute Gasteiger partial charge is 0.310 e. The number of nitrogens with zero attached hydrogens (tertiary/aromatic N) is 2. The second-order valence-corrected chi connectivity index (χ2v) is 18.4. The maximum atomic E-state index is 2.47. The maximum Gasteiger partial charge on any atom is 0.0714 e. The van der Waals surface area contributed by atoms with Crippen molar-refractivity contribution in [3.05, 3.63) is 313 Å². The first-order valence-corrected chi connectivity index (χ1v) is 24.5. The van der Waals surface area contributed by atoms with Crippen molar-refractivity contribution in [1.82, 2.24) is 0 Å². The fourth-order valence-corrected chi connectivity index (χ4v) is 11.3. The van der Waals surface area contributed by atoms with Crippen molar-refractivity contribution in [2.45, 2.75) is 5.41 Å². The Balaban J connectivity index is 0.947. The number of anilines is 6. The Morgan fingerprint density at radius 1 is 0.254 bits per heavy atom. The summed E-state index contributed by atoms with van der Waals surface area (Å²) < 4.78 is 0. The zero-order valence-corrected chi connectivity index (χ0v) is 39.1. The first-order valence-electron chi connectivity index (χ1n) is 24.5. The summed E-state index contributed by atoms with van der Waals surface area (Å²) in [5.41, 5.74) is 18.3. The van der Waals surface area contributed by atoms with Crippen LogP contribution in [0.3, 0.4) is 0 Å². The second kappa shape index (κ2) is 17.7. The molecule has 0 saturated heterocycles. The third-order valence-electron chi connectivity index (χ3n) is 14.5. The average molecular weight is 905 g/mol. The monoisotopic (exact) mass is 904 g/mol. The molecule has 0 N–H and O–H groups in total. The number of benzene rings is 12. The maximum absolute atomic E-state index is 2.47. The highest BCUT2D eigenvalue weighted by molar-refractivity contribution is 6.05. The van der Waals surface area contributed by atoms with E-state index in [9.17, 15) is 0 Å². The molecule has 12 aromatic rings. The summed E-state index contributed by atoms with van der Waals surface area (Å²) in [6.07, 6.45) is 0. The Labute approximate surface area is 415 Å². The van der Waals surface area contributed by atoms with Gasteiger partial charge in [-0.1, -0.05) is 224 Å². The molecule has 0 atom stereocenters. The standard InChI is InChI=1S/C69H48N2/c1-5-18-49(19-6-1)50-34-40-58(41-35-50)70(59-42-36-51(37-43-59)52-38-44-60(45-39-52)71(57-28-11-4-12-29-57)67-33-17-21-53-20-13-14-30-62(53)67)61-46-47-63-64-31-15-22-54-23-16-32-65(68(54)64)69(66(63)48-61,55-24-7-2-8-25-55)56-26-9-3-10-27-56/h1-48H. The summed E-state index contributed by atoms with van der Waals surface area (Å²) in [7, 11) is 0. The lowest BCUT2D eigenvalue weighted by molar-refractivity contribution is 0.750. The fraction of sp³-hybridized carbons (Fsp3) is 0.0145. The van der Waals surface area contributed by atoms with Crippen molar-refractivity contribution >= 4 is 55.7 Å². The Bertz CT molecular complexity index is 3780. The highest BCUT2D eigenvalue weighted by atomic mass is 15.1. The van der Waals surface area contributed by atoms with Gasteiger partial charge in [-0.05, 0) is 139 Å². The summed E-state index contributed by atoms with van der Waals surface area (Å²) in [4.78, 5) is 4.78. The molecule has 0 aliphatic heterocycles. The molecule has 12 aromatic carbocycles. The molecule has 1 aliphatic rings.